The summed E-state index contributed by atoms with van der Waals surface area (Å²) in [6.07, 6.45) is 1.85. The van der Waals surface area contributed by atoms with Crippen molar-refractivity contribution >= 4 is 29.3 Å². The molecule has 1 amide bonds. The number of benzene rings is 1. The molecule has 1 aliphatic rings. The molecule has 0 saturated carbocycles. The van der Waals surface area contributed by atoms with Gasteiger partial charge in [0.15, 0.2) is 0 Å². The lowest BCUT2D eigenvalue weighted by atomic mass is 10.0. The lowest BCUT2D eigenvalue weighted by Crippen LogP contribution is -2.43. The molecule has 1 unspecified atom stereocenters. The lowest BCUT2D eigenvalue weighted by Gasteiger charge is -2.20. The fourth-order valence-corrected chi connectivity index (χ4v) is 3.02. The molecule has 2 rings (SSSR count). The Kier molecular flexibility index (Phi) is 6.36. The third-order valence-electron chi connectivity index (χ3n) is 3.33. The van der Waals surface area contributed by atoms with Gasteiger partial charge in [0.05, 0.1) is 6.61 Å². The van der Waals surface area contributed by atoms with E-state index in [9.17, 15) is 9.90 Å². The first-order chi connectivity index (χ1) is 10.1. The van der Waals surface area contributed by atoms with Crippen LogP contribution in [0.1, 0.15) is 19.3 Å². The third-order valence-corrected chi connectivity index (χ3v) is 4.68. The molecular weight excluding hydrogens is 310 g/mol. The van der Waals surface area contributed by atoms with E-state index in [-0.39, 0.29) is 12.5 Å². The van der Waals surface area contributed by atoms with Crippen LogP contribution in [0, 0.1) is 0 Å². The fourth-order valence-electron chi connectivity index (χ4n) is 2.04. The van der Waals surface area contributed by atoms with Crippen LogP contribution in [-0.4, -0.2) is 42.1 Å². The first-order valence-corrected chi connectivity index (χ1v) is 8.39. The molecule has 1 aromatic rings. The molecule has 1 heterocycles. The summed E-state index contributed by atoms with van der Waals surface area (Å²) < 4.78 is 5.13. The highest BCUT2D eigenvalue weighted by molar-refractivity contribution is 7.99. The van der Waals surface area contributed by atoms with Crippen LogP contribution < -0.4 is 5.32 Å². The van der Waals surface area contributed by atoms with Gasteiger partial charge in [0, 0.05) is 35.9 Å². The molecule has 1 saturated heterocycles. The second kappa shape index (κ2) is 8.03. The molecule has 0 aliphatic carbocycles. The summed E-state index contributed by atoms with van der Waals surface area (Å²) in [7, 11) is 0. The Balaban J connectivity index is 1.57. The van der Waals surface area contributed by atoms with Crippen molar-refractivity contribution in [1.29, 1.82) is 0 Å². The van der Waals surface area contributed by atoms with Crippen molar-refractivity contribution < 1.29 is 14.6 Å². The SMILES string of the molecule is O=C(CCCSc1ccc(Cl)cc1)NCC1(O)CCOC1. The van der Waals surface area contributed by atoms with Crippen LogP contribution in [-0.2, 0) is 9.53 Å². The van der Waals surface area contributed by atoms with Gasteiger partial charge in [0.2, 0.25) is 5.91 Å². The highest BCUT2D eigenvalue weighted by atomic mass is 35.5. The third kappa shape index (κ3) is 5.87. The van der Waals surface area contributed by atoms with Gasteiger partial charge >= 0.3 is 0 Å². The zero-order chi connectivity index (χ0) is 15.1. The molecule has 1 aromatic carbocycles. The van der Waals surface area contributed by atoms with Gasteiger partial charge in [0.25, 0.3) is 0 Å². The number of aliphatic hydroxyl groups is 1. The van der Waals surface area contributed by atoms with Crippen molar-refractivity contribution in [3.8, 4) is 0 Å². The molecule has 1 aliphatic heterocycles. The van der Waals surface area contributed by atoms with E-state index in [1.165, 1.54) is 0 Å². The number of carbonyl (C=O) groups is 1. The normalized spacial score (nSPS) is 21.4. The molecule has 0 bridgehead atoms. The Morgan fingerprint density at radius 3 is 2.86 bits per heavy atom. The van der Waals surface area contributed by atoms with E-state index < -0.39 is 5.60 Å². The molecular formula is C15H20ClNO3S. The zero-order valence-electron chi connectivity index (χ0n) is 11.8. The van der Waals surface area contributed by atoms with E-state index >= 15 is 0 Å². The minimum Gasteiger partial charge on any atom is -0.386 e. The van der Waals surface area contributed by atoms with Gasteiger partial charge in [-0.05, 0) is 36.4 Å². The summed E-state index contributed by atoms with van der Waals surface area (Å²) in [6, 6.07) is 7.67. The topological polar surface area (TPSA) is 58.6 Å². The van der Waals surface area contributed by atoms with E-state index in [1.54, 1.807) is 11.8 Å². The molecule has 1 atom stereocenters. The smallest absolute Gasteiger partial charge is 0.220 e. The number of rotatable bonds is 7. The summed E-state index contributed by atoms with van der Waals surface area (Å²) in [5.74, 6) is 0.856. The van der Waals surface area contributed by atoms with E-state index in [2.05, 4.69) is 5.32 Å². The van der Waals surface area contributed by atoms with E-state index in [0.717, 1.165) is 22.1 Å². The molecule has 0 aromatic heterocycles. The molecule has 0 radical (unpaired) electrons. The van der Waals surface area contributed by atoms with E-state index in [0.29, 0.717) is 26.1 Å². The van der Waals surface area contributed by atoms with Gasteiger partial charge in [-0.15, -0.1) is 11.8 Å². The van der Waals surface area contributed by atoms with Crippen LogP contribution in [0.4, 0.5) is 0 Å². The van der Waals surface area contributed by atoms with Gasteiger partial charge in [-0.3, -0.25) is 4.79 Å². The molecule has 2 N–H and O–H groups in total. The number of halogens is 1. The van der Waals surface area contributed by atoms with Crippen LogP contribution in [0.3, 0.4) is 0 Å². The van der Waals surface area contributed by atoms with Crippen LogP contribution in [0.2, 0.25) is 5.02 Å². The summed E-state index contributed by atoms with van der Waals surface area (Å²) in [5, 5.41) is 13.5. The molecule has 1 fully saturated rings. The van der Waals surface area contributed by atoms with Crippen LogP contribution in [0.15, 0.2) is 29.2 Å². The maximum Gasteiger partial charge on any atom is 0.220 e. The highest BCUT2D eigenvalue weighted by Gasteiger charge is 2.32. The monoisotopic (exact) mass is 329 g/mol. The maximum atomic E-state index is 11.7. The highest BCUT2D eigenvalue weighted by Crippen LogP contribution is 2.21. The zero-order valence-corrected chi connectivity index (χ0v) is 13.4. The Bertz CT molecular complexity index is 460. The minimum absolute atomic E-state index is 0.0213. The summed E-state index contributed by atoms with van der Waals surface area (Å²) >= 11 is 7.53. The molecule has 116 valence electrons. The van der Waals surface area contributed by atoms with E-state index in [1.807, 2.05) is 24.3 Å². The standard InChI is InChI=1S/C15H20ClNO3S/c16-12-3-5-13(6-4-12)21-9-1-2-14(18)17-10-15(19)7-8-20-11-15/h3-6,19H,1-2,7-11H2,(H,17,18). The average Bonchev–Trinajstić information content (AvgIpc) is 2.91. The Hall–Kier alpha value is -0.750. The van der Waals surface area contributed by atoms with Crippen LogP contribution >= 0.6 is 23.4 Å². The Morgan fingerprint density at radius 2 is 2.19 bits per heavy atom. The number of hydrogen-bond acceptors (Lipinski definition) is 4. The fraction of sp³-hybridized carbons (Fsp3) is 0.533. The molecule has 6 heteroatoms. The molecule has 4 nitrogen and oxygen atoms in total. The molecule has 0 spiro atoms. The number of carbonyl (C=O) groups excluding carboxylic acids is 1. The Labute approximate surface area is 134 Å². The van der Waals surface area contributed by atoms with E-state index in [4.69, 9.17) is 16.3 Å². The number of nitrogens with one attached hydrogen (secondary N) is 1. The van der Waals surface area contributed by atoms with Gasteiger partial charge in [-0.2, -0.15) is 0 Å². The Morgan fingerprint density at radius 1 is 1.43 bits per heavy atom. The maximum absolute atomic E-state index is 11.7. The van der Waals surface area contributed by atoms with Crippen molar-refractivity contribution in [2.24, 2.45) is 0 Å². The van der Waals surface area contributed by atoms with Crippen LogP contribution in [0.5, 0.6) is 0 Å². The van der Waals surface area contributed by atoms with Crippen molar-refractivity contribution in [3.05, 3.63) is 29.3 Å². The number of hydrogen-bond donors (Lipinski definition) is 2. The first-order valence-electron chi connectivity index (χ1n) is 7.03. The minimum atomic E-state index is -0.881. The van der Waals surface area contributed by atoms with Crippen LogP contribution in [0.25, 0.3) is 0 Å². The number of thioether (sulfide) groups is 1. The summed E-state index contributed by atoms with van der Waals surface area (Å²) in [5.41, 5.74) is -0.881. The predicted molar refractivity (Wildman–Crippen MR) is 84.8 cm³/mol. The number of ether oxygens (including phenoxy) is 1. The van der Waals surface area contributed by atoms with Gasteiger partial charge in [-0.25, -0.2) is 0 Å². The van der Waals surface area contributed by atoms with Crippen molar-refractivity contribution in [1.82, 2.24) is 5.32 Å². The van der Waals surface area contributed by atoms with Crippen molar-refractivity contribution in [2.75, 3.05) is 25.5 Å². The summed E-state index contributed by atoms with van der Waals surface area (Å²) in [4.78, 5) is 12.9. The largest absolute Gasteiger partial charge is 0.386 e. The van der Waals surface area contributed by atoms with Gasteiger partial charge < -0.3 is 15.2 Å². The average molecular weight is 330 g/mol. The second-order valence-electron chi connectivity index (χ2n) is 5.21. The van der Waals surface area contributed by atoms with Gasteiger partial charge in [0.1, 0.15) is 5.60 Å². The van der Waals surface area contributed by atoms with Crippen molar-refractivity contribution in [2.45, 2.75) is 29.8 Å². The number of amides is 1. The summed E-state index contributed by atoms with van der Waals surface area (Å²) in [6.45, 7) is 1.14. The second-order valence-corrected chi connectivity index (χ2v) is 6.81. The lowest BCUT2D eigenvalue weighted by molar-refractivity contribution is -0.122. The van der Waals surface area contributed by atoms with Crippen molar-refractivity contribution in [3.63, 3.8) is 0 Å². The quantitative estimate of drug-likeness (QED) is 0.596. The molecule has 21 heavy (non-hydrogen) atoms. The predicted octanol–water partition coefficient (Wildman–Crippen LogP) is 2.48. The first kappa shape index (κ1) is 16.6. The van der Waals surface area contributed by atoms with Gasteiger partial charge in [-0.1, -0.05) is 11.6 Å².